The SMILES string of the molecule is COC(CC(=O)O)C(=O)O.O=C(O)CCC(=O)O.O=C(O)CCC(=O)O.O=C(O)CCC(=O)O.O=C(O)CCC(=O)O.O=C(O)CCC(=O)O.O=C(O)CCC(=O)O.O=C(O)CCC(=O)O.O=C(O)CCC(=O)O.O=C(O)CCC(=O)O.OCCO. The maximum Gasteiger partial charge on any atom is 0.333 e. The normalized spacial score (nSPS) is 8.92. The summed E-state index contributed by atoms with van der Waals surface area (Å²) in [5.41, 5.74) is 0. The van der Waals surface area contributed by atoms with Crippen LogP contribution in [0.25, 0.3) is 0 Å². The Hall–Kier alpha value is -10.7. The third kappa shape index (κ3) is 187. The number of aliphatic hydroxyl groups is 2. The minimum absolute atomic E-state index is 0.125. The average molecular weight is 1270 g/mol. The van der Waals surface area contributed by atoms with Crippen molar-refractivity contribution in [2.24, 2.45) is 0 Å². The maximum atomic E-state index is 10.1. The van der Waals surface area contributed by atoms with Gasteiger partial charge in [-0.1, -0.05) is 0 Å². The molecular formula is C43H68O43. The molecule has 0 aromatic rings. The molecule has 498 valence electrons. The van der Waals surface area contributed by atoms with E-state index >= 15 is 0 Å². The molecular weight excluding hydrogens is 1200 g/mol. The topological polar surface area (TPSA) is 796 Å². The fourth-order valence-corrected chi connectivity index (χ4v) is 2.35. The van der Waals surface area contributed by atoms with E-state index in [4.69, 9.17) is 112 Å². The summed E-state index contributed by atoms with van der Waals surface area (Å²) in [5, 5.41) is 174. The van der Waals surface area contributed by atoms with E-state index in [2.05, 4.69) is 4.74 Å². The van der Waals surface area contributed by atoms with Crippen LogP contribution in [0.4, 0.5) is 0 Å². The third-order valence-corrected chi connectivity index (χ3v) is 5.99. The first-order valence-electron chi connectivity index (χ1n) is 22.2. The summed E-state index contributed by atoms with van der Waals surface area (Å²) in [7, 11) is 1.15. The Morgan fingerprint density at radius 2 is 0.302 bits per heavy atom. The number of methoxy groups -OCH3 is 1. The van der Waals surface area contributed by atoms with Crippen LogP contribution in [-0.2, 0) is 101 Å². The highest BCUT2D eigenvalue weighted by atomic mass is 16.5. The molecule has 1 atom stereocenters. The number of hydrogen-bond acceptors (Lipinski definition) is 23. The molecule has 0 fully saturated rings. The van der Waals surface area contributed by atoms with E-state index < -0.39 is 132 Å². The van der Waals surface area contributed by atoms with Gasteiger partial charge in [0.2, 0.25) is 0 Å². The summed E-state index contributed by atoms with van der Waals surface area (Å²) in [4.78, 5) is 194. The van der Waals surface area contributed by atoms with Gasteiger partial charge in [-0.3, -0.25) is 91.1 Å². The summed E-state index contributed by atoms with van der Waals surface area (Å²) < 4.78 is 4.34. The first-order valence-corrected chi connectivity index (χ1v) is 22.2. The van der Waals surface area contributed by atoms with Crippen molar-refractivity contribution in [3.63, 3.8) is 0 Å². The Kier molecular flexibility index (Phi) is 84.5. The molecule has 0 aromatic heterocycles. The van der Waals surface area contributed by atoms with Crippen LogP contribution >= 0.6 is 0 Å². The van der Waals surface area contributed by atoms with Gasteiger partial charge in [0.1, 0.15) is 0 Å². The highest BCUT2D eigenvalue weighted by Gasteiger charge is 2.19. The van der Waals surface area contributed by atoms with Crippen molar-refractivity contribution in [1.29, 1.82) is 0 Å². The Morgan fingerprint density at radius 3 is 0.326 bits per heavy atom. The molecule has 0 saturated heterocycles. The third-order valence-electron chi connectivity index (χ3n) is 5.99. The van der Waals surface area contributed by atoms with Crippen molar-refractivity contribution in [3.05, 3.63) is 0 Å². The number of carboxylic acids is 20. The Morgan fingerprint density at radius 1 is 0.209 bits per heavy atom. The van der Waals surface area contributed by atoms with E-state index in [1.165, 1.54) is 0 Å². The molecule has 22 N–H and O–H groups in total. The van der Waals surface area contributed by atoms with Gasteiger partial charge in [0.25, 0.3) is 0 Å². The monoisotopic (exact) mass is 1270 g/mol. The molecule has 43 heteroatoms. The number of hydrogen-bond donors (Lipinski definition) is 22. The molecule has 0 amide bonds. The molecule has 0 rings (SSSR count). The number of aliphatic carboxylic acids is 20. The van der Waals surface area contributed by atoms with Crippen LogP contribution in [-0.4, -0.2) is 258 Å². The smallest absolute Gasteiger partial charge is 0.333 e. The molecule has 0 heterocycles. The minimum atomic E-state index is -1.26. The van der Waals surface area contributed by atoms with Crippen LogP contribution in [0.15, 0.2) is 0 Å². The molecule has 0 aliphatic heterocycles. The molecule has 0 aromatic carbocycles. The van der Waals surface area contributed by atoms with Gasteiger partial charge < -0.3 is 117 Å². The molecule has 43 nitrogen and oxygen atoms in total. The highest BCUT2D eigenvalue weighted by molar-refractivity contribution is 5.80. The van der Waals surface area contributed by atoms with Crippen LogP contribution in [0.5, 0.6) is 0 Å². The number of aliphatic hydroxyl groups excluding tert-OH is 2. The predicted octanol–water partition coefficient (Wildman–Crippen LogP) is -2.05. The standard InChI is InChI=1S/C5H8O5.9C4H6O4.C2H6O2/c1-10-3(5(8)9)2-4(6)7;9*5-3(6)1-2-4(7)8;3-1-2-4/h3H,2H2,1H3,(H,6,7)(H,8,9);9*1-2H2,(H,5,6)(H,7,8);3-4H,1-2H2. The lowest BCUT2D eigenvalue weighted by Gasteiger charge is -2.05. The van der Waals surface area contributed by atoms with Crippen LogP contribution in [0.3, 0.4) is 0 Å². The molecule has 0 aliphatic rings. The van der Waals surface area contributed by atoms with E-state index in [-0.39, 0.29) is 129 Å². The first kappa shape index (κ1) is 101. The van der Waals surface area contributed by atoms with Crippen LogP contribution in [0, 0.1) is 0 Å². The summed E-state index contributed by atoms with van der Waals surface area (Å²) in [5.74, 6) is -21.8. The summed E-state index contributed by atoms with van der Waals surface area (Å²) in [6.45, 7) is -0.250. The second-order valence-corrected chi connectivity index (χ2v) is 13.7. The number of rotatable bonds is 32. The fraction of sp³-hybridized carbons (Fsp3) is 0.535. The van der Waals surface area contributed by atoms with Crippen LogP contribution in [0.2, 0.25) is 0 Å². The van der Waals surface area contributed by atoms with E-state index in [1.54, 1.807) is 0 Å². The van der Waals surface area contributed by atoms with Gasteiger partial charge in [-0.25, -0.2) is 4.79 Å². The van der Waals surface area contributed by atoms with Crippen molar-refractivity contribution in [2.75, 3.05) is 20.3 Å². The number of carbonyl (C=O) groups is 20. The fourth-order valence-electron chi connectivity index (χ4n) is 2.35. The summed E-state index contributed by atoms with van der Waals surface area (Å²) >= 11 is 0. The highest BCUT2D eigenvalue weighted by Crippen LogP contribution is 1.96. The zero-order chi connectivity index (χ0) is 70.7. The Bertz CT molecular complexity index is 1560. The van der Waals surface area contributed by atoms with E-state index in [9.17, 15) is 95.9 Å². The lowest BCUT2D eigenvalue weighted by atomic mass is 10.2. The van der Waals surface area contributed by atoms with Crippen molar-refractivity contribution >= 4 is 119 Å². The lowest BCUT2D eigenvalue weighted by Crippen LogP contribution is -2.25. The van der Waals surface area contributed by atoms with Crippen LogP contribution in [0.1, 0.15) is 122 Å². The molecule has 0 spiro atoms. The lowest BCUT2D eigenvalue weighted by molar-refractivity contribution is -0.154. The van der Waals surface area contributed by atoms with E-state index in [0.29, 0.717) is 0 Å². The largest absolute Gasteiger partial charge is 0.481 e. The minimum Gasteiger partial charge on any atom is -0.481 e. The number of carboxylic acid groups (broad SMARTS) is 20. The van der Waals surface area contributed by atoms with E-state index in [0.717, 1.165) is 7.11 Å². The molecule has 86 heavy (non-hydrogen) atoms. The first-order chi connectivity index (χ1) is 39.1. The van der Waals surface area contributed by atoms with Gasteiger partial charge in [-0.15, -0.1) is 0 Å². The molecule has 1 unspecified atom stereocenters. The van der Waals surface area contributed by atoms with E-state index in [1.807, 2.05) is 0 Å². The second-order valence-electron chi connectivity index (χ2n) is 13.7. The average Bonchev–Trinajstić information content (AvgIpc) is 3.36. The second kappa shape index (κ2) is 72.3. The Labute approximate surface area is 480 Å². The van der Waals surface area contributed by atoms with Crippen molar-refractivity contribution in [2.45, 2.75) is 128 Å². The van der Waals surface area contributed by atoms with Gasteiger partial charge >= 0.3 is 119 Å². The van der Waals surface area contributed by atoms with Crippen molar-refractivity contribution < 1.29 is 213 Å². The summed E-state index contributed by atoms with van der Waals surface area (Å²) in [6, 6.07) is 0. The van der Waals surface area contributed by atoms with Gasteiger partial charge in [0.15, 0.2) is 6.10 Å². The predicted molar refractivity (Wildman–Crippen MR) is 265 cm³/mol. The maximum absolute atomic E-state index is 10.1. The van der Waals surface area contributed by atoms with Gasteiger partial charge in [0.05, 0.1) is 135 Å². The molecule has 0 radical (unpaired) electrons. The zero-order valence-corrected chi connectivity index (χ0v) is 44.8. The molecule has 0 aliphatic carbocycles. The van der Waals surface area contributed by atoms with Crippen molar-refractivity contribution in [3.8, 4) is 0 Å². The molecule has 0 saturated carbocycles. The zero-order valence-electron chi connectivity index (χ0n) is 44.8. The van der Waals surface area contributed by atoms with Gasteiger partial charge in [-0.2, -0.15) is 0 Å². The summed E-state index contributed by atoms with van der Waals surface area (Å²) in [6.07, 6.45) is -7.08. The van der Waals surface area contributed by atoms with Crippen LogP contribution < -0.4 is 0 Å². The van der Waals surface area contributed by atoms with Gasteiger partial charge in [-0.05, 0) is 0 Å². The molecule has 0 bridgehead atoms. The van der Waals surface area contributed by atoms with Gasteiger partial charge in [0, 0.05) is 7.11 Å². The number of ether oxygens (including phenoxy) is 1. The quantitative estimate of drug-likeness (QED) is 0.0345. The Balaban J connectivity index is -0.0000000802. The van der Waals surface area contributed by atoms with Crippen molar-refractivity contribution in [1.82, 2.24) is 0 Å².